The minimum Gasteiger partial charge on any atom is -0.494 e. The van der Waals surface area contributed by atoms with Crippen LogP contribution in [-0.4, -0.2) is 29.3 Å². The molecule has 0 aliphatic carbocycles. The SMILES string of the molecule is CCOc1ccc(SCC(=O)NC(c2ccccc2)C(C)C(=O)O)cc1. The molecule has 6 heteroatoms. The molecule has 2 N–H and O–H groups in total. The van der Waals surface area contributed by atoms with E-state index in [4.69, 9.17) is 4.74 Å². The molecule has 2 aromatic rings. The fraction of sp³-hybridized carbons (Fsp3) is 0.300. The zero-order chi connectivity index (χ0) is 18.9. The smallest absolute Gasteiger partial charge is 0.308 e. The van der Waals surface area contributed by atoms with Crippen molar-refractivity contribution >= 4 is 23.6 Å². The van der Waals surface area contributed by atoms with Gasteiger partial charge in [-0.3, -0.25) is 9.59 Å². The van der Waals surface area contributed by atoms with Crippen molar-refractivity contribution in [1.82, 2.24) is 5.32 Å². The third-order valence-electron chi connectivity index (χ3n) is 3.87. The van der Waals surface area contributed by atoms with E-state index in [1.807, 2.05) is 61.5 Å². The van der Waals surface area contributed by atoms with E-state index in [0.29, 0.717) is 6.61 Å². The van der Waals surface area contributed by atoms with Crippen LogP contribution >= 0.6 is 11.8 Å². The number of thioether (sulfide) groups is 1. The van der Waals surface area contributed by atoms with Crippen molar-refractivity contribution in [2.45, 2.75) is 24.8 Å². The Bertz CT molecular complexity index is 718. The molecule has 26 heavy (non-hydrogen) atoms. The molecule has 0 saturated heterocycles. The first-order valence-corrected chi connectivity index (χ1v) is 9.42. The van der Waals surface area contributed by atoms with Gasteiger partial charge in [0, 0.05) is 4.90 Å². The average molecular weight is 373 g/mol. The normalized spacial score (nSPS) is 12.8. The predicted octanol–water partition coefficient (Wildman–Crippen LogP) is 3.76. The highest BCUT2D eigenvalue weighted by Gasteiger charge is 2.26. The van der Waals surface area contributed by atoms with Crippen LogP contribution in [0, 0.1) is 5.92 Å². The maximum Gasteiger partial charge on any atom is 0.308 e. The van der Waals surface area contributed by atoms with Gasteiger partial charge in [-0.25, -0.2) is 0 Å². The quantitative estimate of drug-likeness (QED) is 0.655. The average Bonchev–Trinajstić information content (AvgIpc) is 2.66. The molecule has 0 heterocycles. The highest BCUT2D eigenvalue weighted by Crippen LogP contribution is 2.24. The number of ether oxygens (including phenoxy) is 1. The fourth-order valence-electron chi connectivity index (χ4n) is 2.46. The summed E-state index contributed by atoms with van der Waals surface area (Å²) in [5.74, 6) is -0.870. The number of aliphatic carboxylic acids is 1. The zero-order valence-electron chi connectivity index (χ0n) is 14.8. The molecule has 0 aliphatic rings. The van der Waals surface area contributed by atoms with Gasteiger partial charge < -0.3 is 15.2 Å². The van der Waals surface area contributed by atoms with Crippen LogP contribution in [0.4, 0.5) is 0 Å². The molecule has 0 fully saturated rings. The molecule has 5 nitrogen and oxygen atoms in total. The second kappa shape index (κ2) is 9.87. The van der Waals surface area contributed by atoms with Crippen LogP contribution in [0.25, 0.3) is 0 Å². The monoisotopic (exact) mass is 373 g/mol. The summed E-state index contributed by atoms with van der Waals surface area (Å²) >= 11 is 1.40. The van der Waals surface area contributed by atoms with Crippen molar-refractivity contribution in [1.29, 1.82) is 0 Å². The maximum atomic E-state index is 12.3. The first-order chi connectivity index (χ1) is 12.5. The molecule has 0 aromatic heterocycles. The van der Waals surface area contributed by atoms with Crippen molar-refractivity contribution in [2.24, 2.45) is 5.92 Å². The number of nitrogens with one attached hydrogen (secondary N) is 1. The van der Waals surface area contributed by atoms with E-state index >= 15 is 0 Å². The van der Waals surface area contributed by atoms with Gasteiger partial charge in [-0.05, 0) is 43.7 Å². The van der Waals surface area contributed by atoms with E-state index in [0.717, 1.165) is 16.2 Å². The summed E-state index contributed by atoms with van der Waals surface area (Å²) in [4.78, 5) is 24.7. The second-order valence-corrected chi connectivity index (χ2v) is 6.82. The van der Waals surface area contributed by atoms with Crippen LogP contribution in [0.1, 0.15) is 25.5 Å². The number of benzene rings is 2. The van der Waals surface area contributed by atoms with Crippen LogP contribution in [0.15, 0.2) is 59.5 Å². The highest BCUT2D eigenvalue weighted by molar-refractivity contribution is 8.00. The first-order valence-electron chi connectivity index (χ1n) is 8.44. The lowest BCUT2D eigenvalue weighted by molar-refractivity contribution is -0.142. The Labute approximate surface area is 157 Å². The zero-order valence-corrected chi connectivity index (χ0v) is 15.7. The van der Waals surface area contributed by atoms with Crippen LogP contribution < -0.4 is 10.1 Å². The second-order valence-electron chi connectivity index (χ2n) is 5.78. The van der Waals surface area contributed by atoms with Gasteiger partial charge in [0.1, 0.15) is 5.75 Å². The lowest BCUT2D eigenvalue weighted by atomic mass is 9.94. The number of rotatable bonds is 9. The van der Waals surface area contributed by atoms with E-state index < -0.39 is 17.9 Å². The Balaban J connectivity index is 1.97. The molecule has 2 atom stereocenters. The maximum absolute atomic E-state index is 12.3. The first kappa shape index (κ1) is 19.8. The summed E-state index contributed by atoms with van der Waals surface area (Å²) in [5.41, 5.74) is 0.779. The molecule has 0 radical (unpaired) electrons. The molecular weight excluding hydrogens is 350 g/mol. The molecule has 0 bridgehead atoms. The van der Waals surface area contributed by atoms with Gasteiger partial charge in [-0.2, -0.15) is 0 Å². The minimum absolute atomic E-state index is 0.203. The number of carboxylic acid groups (broad SMARTS) is 1. The summed E-state index contributed by atoms with van der Waals surface area (Å²) in [7, 11) is 0. The van der Waals surface area contributed by atoms with Crippen molar-refractivity contribution < 1.29 is 19.4 Å². The van der Waals surface area contributed by atoms with Crippen LogP contribution in [-0.2, 0) is 9.59 Å². The van der Waals surface area contributed by atoms with Crippen LogP contribution in [0.2, 0.25) is 0 Å². The topological polar surface area (TPSA) is 75.6 Å². The number of amides is 1. The van der Waals surface area contributed by atoms with E-state index in [9.17, 15) is 14.7 Å². The lowest BCUT2D eigenvalue weighted by Crippen LogP contribution is -2.36. The number of carbonyl (C=O) groups is 2. The number of carboxylic acids is 1. The summed E-state index contributed by atoms with van der Waals surface area (Å²) in [6.45, 7) is 4.13. The highest BCUT2D eigenvalue weighted by atomic mass is 32.2. The Morgan fingerprint density at radius 2 is 1.77 bits per heavy atom. The molecular formula is C20H23NO4S. The predicted molar refractivity (Wildman–Crippen MR) is 102 cm³/mol. The molecule has 138 valence electrons. The van der Waals surface area contributed by atoms with Crippen molar-refractivity contribution in [3.05, 3.63) is 60.2 Å². The van der Waals surface area contributed by atoms with Gasteiger partial charge in [0.2, 0.25) is 5.91 Å². The molecule has 0 spiro atoms. The lowest BCUT2D eigenvalue weighted by Gasteiger charge is -2.23. The number of carbonyl (C=O) groups excluding carboxylic acids is 1. The summed E-state index contributed by atoms with van der Waals surface area (Å²) in [6, 6.07) is 16.1. The fourth-order valence-corrected chi connectivity index (χ4v) is 3.17. The van der Waals surface area contributed by atoms with E-state index in [1.54, 1.807) is 6.92 Å². The summed E-state index contributed by atoms with van der Waals surface area (Å²) < 4.78 is 5.39. The van der Waals surface area contributed by atoms with Gasteiger partial charge >= 0.3 is 5.97 Å². The van der Waals surface area contributed by atoms with Crippen LogP contribution in [0.3, 0.4) is 0 Å². The minimum atomic E-state index is -0.946. The molecule has 2 aromatic carbocycles. The Hall–Kier alpha value is -2.47. The van der Waals surface area contributed by atoms with Gasteiger partial charge in [0.05, 0.1) is 24.3 Å². The van der Waals surface area contributed by atoms with Crippen LogP contribution in [0.5, 0.6) is 5.75 Å². The van der Waals surface area contributed by atoms with E-state index in [-0.39, 0.29) is 11.7 Å². The largest absolute Gasteiger partial charge is 0.494 e. The Morgan fingerprint density at radius 1 is 1.12 bits per heavy atom. The summed E-state index contributed by atoms with van der Waals surface area (Å²) in [5, 5.41) is 12.2. The van der Waals surface area contributed by atoms with Gasteiger partial charge in [-0.15, -0.1) is 11.8 Å². The number of hydrogen-bond donors (Lipinski definition) is 2. The standard InChI is InChI=1S/C20H23NO4S/c1-3-25-16-9-11-17(12-10-16)26-13-18(22)21-19(14(2)20(23)24)15-7-5-4-6-8-15/h4-12,14,19H,3,13H2,1-2H3,(H,21,22)(H,23,24). The molecule has 2 unspecified atom stereocenters. The van der Waals surface area contributed by atoms with E-state index in [1.165, 1.54) is 11.8 Å². The van der Waals surface area contributed by atoms with Gasteiger partial charge in [-0.1, -0.05) is 30.3 Å². The van der Waals surface area contributed by atoms with Gasteiger partial charge in [0.15, 0.2) is 0 Å². The molecule has 2 rings (SSSR count). The third kappa shape index (κ3) is 5.81. The van der Waals surface area contributed by atoms with Crippen molar-refractivity contribution in [3.8, 4) is 5.75 Å². The Kier molecular flexibility index (Phi) is 7.53. The van der Waals surface area contributed by atoms with Crippen molar-refractivity contribution in [3.63, 3.8) is 0 Å². The number of hydrogen-bond acceptors (Lipinski definition) is 4. The Morgan fingerprint density at radius 3 is 2.35 bits per heavy atom. The molecule has 0 saturated carbocycles. The van der Waals surface area contributed by atoms with Crippen molar-refractivity contribution in [2.75, 3.05) is 12.4 Å². The molecule has 0 aliphatic heterocycles. The van der Waals surface area contributed by atoms with Gasteiger partial charge in [0.25, 0.3) is 0 Å². The summed E-state index contributed by atoms with van der Waals surface area (Å²) in [6.07, 6.45) is 0. The third-order valence-corrected chi connectivity index (χ3v) is 4.88. The molecule has 1 amide bonds. The van der Waals surface area contributed by atoms with E-state index in [2.05, 4.69) is 5.32 Å².